The van der Waals surface area contributed by atoms with Crippen molar-refractivity contribution in [2.45, 2.75) is 57.4 Å². The molecule has 1 heterocycles. The van der Waals surface area contributed by atoms with Crippen LogP contribution in [-0.2, 0) is 9.59 Å². The SMILES string of the molecule is Cl.Cl.NC1CCCC(C(=O)Nc2cccc(NC(=O)CN3CCCCCC3)c2)C1. The van der Waals surface area contributed by atoms with Gasteiger partial charge in [-0.25, -0.2) is 0 Å². The summed E-state index contributed by atoms with van der Waals surface area (Å²) >= 11 is 0. The molecule has 0 bridgehead atoms. The second-order valence-corrected chi connectivity index (χ2v) is 7.93. The smallest absolute Gasteiger partial charge is 0.238 e. The van der Waals surface area contributed by atoms with E-state index in [1.165, 1.54) is 25.7 Å². The van der Waals surface area contributed by atoms with E-state index in [1.54, 1.807) is 0 Å². The third kappa shape index (κ3) is 8.51. The number of carbonyl (C=O) groups excluding carboxylic acids is 2. The molecule has 0 aromatic heterocycles. The summed E-state index contributed by atoms with van der Waals surface area (Å²) in [6, 6.07) is 7.50. The molecule has 6 nitrogen and oxygen atoms in total. The molecule has 0 radical (unpaired) electrons. The standard InChI is InChI=1S/C21H32N4O2.2ClH/c22-17-8-5-7-16(13-17)21(27)24-19-10-6-9-18(14-19)23-20(26)15-25-11-3-1-2-4-12-25;;/h6,9-10,14,16-17H,1-5,7-8,11-13,15,22H2,(H,23,26)(H,24,27);2*1H. The highest BCUT2D eigenvalue weighted by molar-refractivity contribution is 5.95. The summed E-state index contributed by atoms with van der Waals surface area (Å²) in [6.45, 7) is 2.41. The van der Waals surface area contributed by atoms with Gasteiger partial charge < -0.3 is 16.4 Å². The number of amides is 2. The molecule has 1 aromatic carbocycles. The van der Waals surface area contributed by atoms with Crippen molar-refractivity contribution >= 4 is 48.0 Å². The lowest BCUT2D eigenvalue weighted by molar-refractivity contribution is -0.121. The number of nitrogens with zero attached hydrogens (tertiary/aromatic N) is 1. The maximum Gasteiger partial charge on any atom is 0.238 e. The largest absolute Gasteiger partial charge is 0.328 e. The quantitative estimate of drug-likeness (QED) is 0.644. The fraction of sp³-hybridized carbons (Fsp3) is 0.619. The Kier molecular flexibility index (Phi) is 11.6. The van der Waals surface area contributed by atoms with Gasteiger partial charge in [-0.05, 0) is 63.4 Å². The summed E-state index contributed by atoms with van der Waals surface area (Å²) < 4.78 is 0. The summed E-state index contributed by atoms with van der Waals surface area (Å²) in [6.07, 6.45) is 8.49. The van der Waals surface area contributed by atoms with Crippen molar-refractivity contribution in [2.24, 2.45) is 11.7 Å². The second kappa shape index (κ2) is 13.1. The zero-order chi connectivity index (χ0) is 19.1. The molecule has 8 heteroatoms. The van der Waals surface area contributed by atoms with Crippen LogP contribution in [0.2, 0.25) is 0 Å². The van der Waals surface area contributed by atoms with E-state index in [4.69, 9.17) is 5.73 Å². The molecular weight excluding hydrogens is 411 g/mol. The van der Waals surface area contributed by atoms with Gasteiger partial charge in [-0.2, -0.15) is 0 Å². The molecule has 29 heavy (non-hydrogen) atoms. The molecule has 1 saturated heterocycles. The van der Waals surface area contributed by atoms with E-state index >= 15 is 0 Å². The molecule has 4 N–H and O–H groups in total. The third-order valence-corrected chi connectivity index (χ3v) is 5.57. The van der Waals surface area contributed by atoms with Crippen LogP contribution in [-0.4, -0.2) is 42.4 Å². The summed E-state index contributed by atoms with van der Waals surface area (Å²) in [4.78, 5) is 27.1. The van der Waals surface area contributed by atoms with Crippen molar-refractivity contribution in [1.29, 1.82) is 0 Å². The first-order valence-corrected chi connectivity index (χ1v) is 10.3. The summed E-state index contributed by atoms with van der Waals surface area (Å²) in [7, 11) is 0. The van der Waals surface area contributed by atoms with Gasteiger partial charge in [0.2, 0.25) is 11.8 Å². The number of anilines is 2. The van der Waals surface area contributed by atoms with E-state index in [1.807, 2.05) is 24.3 Å². The Bertz CT molecular complexity index is 651. The molecule has 3 rings (SSSR count). The fourth-order valence-corrected chi connectivity index (χ4v) is 4.08. The van der Waals surface area contributed by atoms with Crippen LogP contribution in [0.5, 0.6) is 0 Å². The fourth-order valence-electron chi connectivity index (χ4n) is 4.08. The number of likely N-dealkylation sites (tertiary alicyclic amines) is 1. The Morgan fingerprint density at radius 1 is 0.966 bits per heavy atom. The topological polar surface area (TPSA) is 87.5 Å². The molecule has 164 valence electrons. The van der Waals surface area contributed by atoms with E-state index in [2.05, 4.69) is 15.5 Å². The van der Waals surface area contributed by atoms with E-state index in [-0.39, 0.29) is 48.6 Å². The molecule has 0 spiro atoms. The van der Waals surface area contributed by atoms with Crippen LogP contribution >= 0.6 is 24.8 Å². The van der Waals surface area contributed by atoms with Crippen molar-refractivity contribution in [1.82, 2.24) is 4.90 Å². The summed E-state index contributed by atoms with van der Waals surface area (Å²) in [5.74, 6) is 0.00635. The normalized spacial score (nSPS) is 22.4. The van der Waals surface area contributed by atoms with Crippen LogP contribution < -0.4 is 16.4 Å². The molecular formula is C21H34Cl2N4O2. The van der Waals surface area contributed by atoms with Crippen molar-refractivity contribution in [3.63, 3.8) is 0 Å². The third-order valence-electron chi connectivity index (χ3n) is 5.57. The Labute approximate surface area is 186 Å². The van der Waals surface area contributed by atoms with E-state index in [0.717, 1.165) is 38.8 Å². The maximum atomic E-state index is 12.5. The first kappa shape index (κ1) is 25.7. The minimum Gasteiger partial charge on any atom is -0.328 e. The van der Waals surface area contributed by atoms with Crippen LogP contribution in [0.1, 0.15) is 51.4 Å². The van der Waals surface area contributed by atoms with Gasteiger partial charge in [-0.15, -0.1) is 24.8 Å². The number of nitrogens with two attached hydrogens (primary N) is 1. The Morgan fingerprint density at radius 2 is 1.62 bits per heavy atom. The van der Waals surface area contributed by atoms with Crippen molar-refractivity contribution in [2.75, 3.05) is 30.3 Å². The van der Waals surface area contributed by atoms with Gasteiger partial charge in [0, 0.05) is 23.3 Å². The van der Waals surface area contributed by atoms with Crippen molar-refractivity contribution in [3.05, 3.63) is 24.3 Å². The van der Waals surface area contributed by atoms with Crippen LogP contribution in [0, 0.1) is 5.92 Å². The number of nitrogens with one attached hydrogen (secondary N) is 2. The molecule has 1 aromatic rings. The van der Waals surface area contributed by atoms with Gasteiger partial charge in [-0.3, -0.25) is 14.5 Å². The van der Waals surface area contributed by atoms with Crippen LogP contribution in [0.3, 0.4) is 0 Å². The number of rotatable bonds is 5. The van der Waals surface area contributed by atoms with Gasteiger partial charge in [0.1, 0.15) is 0 Å². The van der Waals surface area contributed by atoms with Crippen LogP contribution in [0.25, 0.3) is 0 Å². The molecule has 2 amide bonds. The van der Waals surface area contributed by atoms with E-state index in [9.17, 15) is 9.59 Å². The first-order chi connectivity index (χ1) is 13.1. The molecule has 1 aliphatic heterocycles. The lowest BCUT2D eigenvalue weighted by atomic mass is 9.85. The Balaban J connectivity index is 0.00000210. The average molecular weight is 445 g/mol. The predicted molar refractivity (Wildman–Crippen MR) is 123 cm³/mol. The molecule has 1 saturated carbocycles. The molecule has 1 aliphatic carbocycles. The van der Waals surface area contributed by atoms with E-state index < -0.39 is 0 Å². The number of carbonyl (C=O) groups is 2. The lowest BCUT2D eigenvalue weighted by Gasteiger charge is -2.25. The molecule has 2 unspecified atom stereocenters. The minimum absolute atomic E-state index is 0. The Hall–Kier alpha value is -1.34. The second-order valence-electron chi connectivity index (χ2n) is 7.93. The van der Waals surface area contributed by atoms with Crippen LogP contribution in [0.4, 0.5) is 11.4 Å². The molecule has 2 atom stereocenters. The maximum absolute atomic E-state index is 12.5. The lowest BCUT2D eigenvalue weighted by Crippen LogP contribution is -2.34. The number of halogens is 2. The van der Waals surface area contributed by atoms with E-state index in [0.29, 0.717) is 17.9 Å². The van der Waals surface area contributed by atoms with Gasteiger partial charge in [-0.1, -0.05) is 25.3 Å². The zero-order valence-corrected chi connectivity index (χ0v) is 18.5. The first-order valence-electron chi connectivity index (χ1n) is 10.3. The monoisotopic (exact) mass is 444 g/mol. The highest BCUT2D eigenvalue weighted by atomic mass is 35.5. The molecule has 2 aliphatic rings. The highest BCUT2D eigenvalue weighted by Crippen LogP contribution is 2.25. The van der Waals surface area contributed by atoms with Crippen molar-refractivity contribution in [3.8, 4) is 0 Å². The van der Waals surface area contributed by atoms with Crippen molar-refractivity contribution < 1.29 is 9.59 Å². The minimum atomic E-state index is -0.0185. The molecule has 2 fully saturated rings. The van der Waals surface area contributed by atoms with Gasteiger partial charge in [0.25, 0.3) is 0 Å². The average Bonchev–Trinajstić information content (AvgIpc) is 2.90. The number of hydrogen-bond acceptors (Lipinski definition) is 4. The number of benzene rings is 1. The van der Waals surface area contributed by atoms with Gasteiger partial charge in [0.05, 0.1) is 6.54 Å². The summed E-state index contributed by atoms with van der Waals surface area (Å²) in [5, 5.41) is 5.94. The highest BCUT2D eigenvalue weighted by Gasteiger charge is 2.25. The van der Waals surface area contributed by atoms with Gasteiger partial charge in [0.15, 0.2) is 0 Å². The predicted octanol–water partition coefficient (Wildman–Crippen LogP) is 3.80. The number of hydrogen-bond donors (Lipinski definition) is 3. The van der Waals surface area contributed by atoms with Gasteiger partial charge >= 0.3 is 0 Å². The zero-order valence-electron chi connectivity index (χ0n) is 16.9. The Morgan fingerprint density at radius 3 is 2.28 bits per heavy atom. The van der Waals surface area contributed by atoms with Crippen LogP contribution in [0.15, 0.2) is 24.3 Å². The summed E-state index contributed by atoms with van der Waals surface area (Å²) in [5.41, 5.74) is 7.42.